The van der Waals surface area contributed by atoms with E-state index in [0.717, 1.165) is 88.3 Å². The first kappa shape index (κ1) is 24.5. The fourth-order valence-electron chi connectivity index (χ4n) is 6.16. The van der Waals surface area contributed by atoms with Crippen LogP contribution in [0.2, 0.25) is 0 Å². The van der Waals surface area contributed by atoms with Crippen molar-refractivity contribution in [3.63, 3.8) is 0 Å². The molecular weight excluding hydrogens is 538 g/mol. The Morgan fingerprint density at radius 1 is 0.364 bits per heavy atom. The summed E-state index contributed by atoms with van der Waals surface area (Å²) in [6.45, 7) is 0. The van der Waals surface area contributed by atoms with E-state index in [1.54, 1.807) is 0 Å². The van der Waals surface area contributed by atoms with Crippen molar-refractivity contribution in [3.05, 3.63) is 140 Å². The molecule has 44 heavy (non-hydrogen) atoms. The van der Waals surface area contributed by atoms with Gasteiger partial charge in [-0.2, -0.15) is 0 Å². The fraction of sp³-hybridized carbons (Fsp3) is 0. The number of hydrogen-bond donors (Lipinski definition) is 0. The molecule has 0 amide bonds. The number of nitrogens with zero attached hydrogens (tertiary/aromatic N) is 5. The summed E-state index contributed by atoms with van der Waals surface area (Å²) in [5.41, 5.74) is 10.2. The summed E-state index contributed by atoms with van der Waals surface area (Å²) in [4.78, 5) is 24.9. The van der Waals surface area contributed by atoms with Gasteiger partial charge in [-0.15, -0.1) is 0 Å². The molecule has 0 bridgehead atoms. The van der Waals surface area contributed by atoms with Gasteiger partial charge in [-0.3, -0.25) is 9.97 Å². The van der Waals surface area contributed by atoms with Crippen molar-refractivity contribution >= 4 is 54.5 Å². The average molecular weight is 562 g/mol. The molecule has 5 heterocycles. The highest BCUT2D eigenvalue weighted by Gasteiger charge is 2.15. The second-order valence-corrected chi connectivity index (χ2v) is 10.9. The lowest BCUT2D eigenvalue weighted by Gasteiger charge is -2.12. The molecule has 0 unspecified atom stereocenters. The molecule has 0 spiro atoms. The third-order valence-corrected chi connectivity index (χ3v) is 8.33. The van der Waals surface area contributed by atoms with Crippen LogP contribution in [-0.4, -0.2) is 24.9 Å². The molecular formula is C39H23N5. The molecule has 5 aromatic heterocycles. The molecule has 0 atom stereocenters. The Hall–Kier alpha value is -6.07. The molecule has 0 N–H and O–H groups in total. The van der Waals surface area contributed by atoms with Gasteiger partial charge in [-0.05, 0) is 36.4 Å². The number of rotatable bonds is 3. The minimum absolute atomic E-state index is 0.857. The number of aromatic nitrogens is 5. The van der Waals surface area contributed by atoms with Crippen molar-refractivity contribution in [1.82, 2.24) is 24.9 Å². The third-order valence-electron chi connectivity index (χ3n) is 8.33. The molecule has 0 saturated heterocycles. The van der Waals surface area contributed by atoms with E-state index in [2.05, 4.69) is 96.0 Å². The van der Waals surface area contributed by atoms with Crippen LogP contribution in [0.15, 0.2) is 140 Å². The number of fused-ring (bicyclic) bond motifs is 7. The number of para-hydroxylation sites is 1. The maximum absolute atomic E-state index is 5.12. The first-order valence-corrected chi connectivity index (χ1v) is 14.6. The Bertz CT molecular complexity index is 2540. The second kappa shape index (κ2) is 9.75. The van der Waals surface area contributed by atoms with E-state index in [0.29, 0.717) is 0 Å². The van der Waals surface area contributed by atoms with E-state index in [1.807, 2.05) is 48.8 Å². The highest BCUT2D eigenvalue weighted by atomic mass is 14.8. The van der Waals surface area contributed by atoms with Gasteiger partial charge in [0.15, 0.2) is 0 Å². The quantitative estimate of drug-likeness (QED) is 0.159. The van der Waals surface area contributed by atoms with Crippen LogP contribution >= 0.6 is 0 Å². The number of hydrogen-bond acceptors (Lipinski definition) is 5. The van der Waals surface area contributed by atoms with Gasteiger partial charge in [0.25, 0.3) is 0 Å². The van der Waals surface area contributed by atoms with Crippen LogP contribution in [0.25, 0.3) is 88.3 Å². The average Bonchev–Trinajstić information content (AvgIpc) is 3.10. The van der Waals surface area contributed by atoms with Crippen molar-refractivity contribution < 1.29 is 0 Å². The van der Waals surface area contributed by atoms with E-state index in [4.69, 9.17) is 19.9 Å². The molecule has 0 radical (unpaired) electrons. The lowest BCUT2D eigenvalue weighted by molar-refractivity contribution is 1.30. The molecule has 0 aliphatic carbocycles. The zero-order valence-corrected chi connectivity index (χ0v) is 23.5. The van der Waals surface area contributed by atoms with Crippen LogP contribution in [0.5, 0.6) is 0 Å². The Morgan fingerprint density at radius 2 is 1.02 bits per heavy atom. The summed E-state index contributed by atoms with van der Waals surface area (Å²) in [6.07, 6.45) is 3.74. The third kappa shape index (κ3) is 3.91. The first-order valence-electron chi connectivity index (χ1n) is 14.6. The zero-order chi connectivity index (χ0) is 29.0. The molecule has 5 nitrogen and oxygen atoms in total. The highest BCUT2D eigenvalue weighted by Crippen LogP contribution is 2.37. The largest absolute Gasteiger partial charge is 0.256 e. The summed E-state index contributed by atoms with van der Waals surface area (Å²) in [6, 6.07) is 43.5. The normalized spacial score (nSPS) is 11.6. The standard InChI is InChI=1S/C39H23N5/c1-2-7-24(8-3-1)31-19-15-26-12-13-27-16-20-32(43-38(27)37(26)42-31)28-17-21-34(41-23-28)35-29-10-4-5-11-33(29)44-39-30(35)18-14-25-9-6-22-40-36(25)39/h1-23H. The second-order valence-electron chi connectivity index (χ2n) is 10.9. The number of benzene rings is 4. The Morgan fingerprint density at radius 3 is 1.80 bits per heavy atom. The van der Waals surface area contributed by atoms with Gasteiger partial charge in [0.1, 0.15) is 0 Å². The van der Waals surface area contributed by atoms with E-state index < -0.39 is 0 Å². The van der Waals surface area contributed by atoms with Crippen LogP contribution < -0.4 is 0 Å². The fourth-order valence-corrected chi connectivity index (χ4v) is 6.16. The summed E-state index contributed by atoms with van der Waals surface area (Å²) in [5.74, 6) is 0. The van der Waals surface area contributed by atoms with Crippen LogP contribution in [0.4, 0.5) is 0 Å². The van der Waals surface area contributed by atoms with Crippen LogP contribution in [-0.2, 0) is 0 Å². The molecule has 5 heteroatoms. The van der Waals surface area contributed by atoms with Gasteiger partial charge in [0, 0.05) is 56.0 Å². The van der Waals surface area contributed by atoms with Gasteiger partial charge in [-0.1, -0.05) is 91.0 Å². The predicted octanol–water partition coefficient (Wildman–Crippen LogP) is 9.43. The summed E-state index contributed by atoms with van der Waals surface area (Å²) < 4.78 is 0. The predicted molar refractivity (Wildman–Crippen MR) is 179 cm³/mol. The Balaban J connectivity index is 1.19. The maximum atomic E-state index is 5.12. The SMILES string of the molecule is c1ccc(-c2ccc3ccc4ccc(-c5ccc(-c6c7ccccc7nc7c6ccc6cccnc67)nc5)nc4c3n2)cc1. The van der Waals surface area contributed by atoms with E-state index in [1.165, 1.54) is 0 Å². The van der Waals surface area contributed by atoms with Crippen LogP contribution in [0.1, 0.15) is 0 Å². The van der Waals surface area contributed by atoms with E-state index in [9.17, 15) is 0 Å². The lowest BCUT2D eigenvalue weighted by Crippen LogP contribution is -1.94. The van der Waals surface area contributed by atoms with E-state index in [-0.39, 0.29) is 0 Å². The highest BCUT2D eigenvalue weighted by molar-refractivity contribution is 6.15. The van der Waals surface area contributed by atoms with Crippen molar-refractivity contribution in [2.24, 2.45) is 0 Å². The molecule has 0 aliphatic rings. The molecule has 0 saturated carbocycles. The van der Waals surface area contributed by atoms with Gasteiger partial charge in [0.2, 0.25) is 0 Å². The topological polar surface area (TPSA) is 64.5 Å². The Labute approximate surface area is 252 Å². The van der Waals surface area contributed by atoms with Crippen molar-refractivity contribution in [2.75, 3.05) is 0 Å². The smallest absolute Gasteiger partial charge is 0.0979 e. The van der Waals surface area contributed by atoms with Crippen LogP contribution in [0, 0.1) is 0 Å². The van der Waals surface area contributed by atoms with Gasteiger partial charge >= 0.3 is 0 Å². The first-order chi connectivity index (χ1) is 21.8. The number of pyridine rings is 5. The molecule has 0 aliphatic heterocycles. The minimum atomic E-state index is 0.857. The van der Waals surface area contributed by atoms with Gasteiger partial charge in [-0.25, -0.2) is 15.0 Å². The maximum Gasteiger partial charge on any atom is 0.0979 e. The zero-order valence-electron chi connectivity index (χ0n) is 23.5. The molecule has 204 valence electrons. The monoisotopic (exact) mass is 561 g/mol. The molecule has 4 aromatic carbocycles. The van der Waals surface area contributed by atoms with Crippen LogP contribution in [0.3, 0.4) is 0 Å². The van der Waals surface area contributed by atoms with E-state index >= 15 is 0 Å². The molecule has 0 fully saturated rings. The van der Waals surface area contributed by atoms with Crippen molar-refractivity contribution in [3.8, 4) is 33.8 Å². The Kier molecular flexibility index (Phi) is 5.43. The van der Waals surface area contributed by atoms with Gasteiger partial charge < -0.3 is 0 Å². The lowest BCUT2D eigenvalue weighted by atomic mass is 9.97. The van der Waals surface area contributed by atoms with Gasteiger partial charge in [0.05, 0.1) is 44.7 Å². The van der Waals surface area contributed by atoms with Crippen molar-refractivity contribution in [2.45, 2.75) is 0 Å². The summed E-state index contributed by atoms with van der Waals surface area (Å²) in [5, 5.41) is 5.28. The summed E-state index contributed by atoms with van der Waals surface area (Å²) >= 11 is 0. The molecule has 9 rings (SSSR count). The summed E-state index contributed by atoms with van der Waals surface area (Å²) in [7, 11) is 0. The molecule has 9 aromatic rings. The van der Waals surface area contributed by atoms with Crippen molar-refractivity contribution in [1.29, 1.82) is 0 Å². The minimum Gasteiger partial charge on any atom is -0.256 e.